The summed E-state index contributed by atoms with van der Waals surface area (Å²) in [5, 5.41) is 12.5. The number of rotatable bonds is 3. The Balaban J connectivity index is 2.21. The molecule has 0 spiro atoms. The zero-order valence-electron chi connectivity index (χ0n) is 10.5. The number of carbonyl (C=O) groups is 1. The van der Waals surface area contributed by atoms with Crippen LogP contribution in [0.2, 0.25) is 0 Å². The number of nitrogens with one attached hydrogen (secondary N) is 1. The van der Waals surface area contributed by atoms with Crippen LogP contribution in [0.1, 0.15) is 10.4 Å². The Morgan fingerprint density at radius 1 is 1.20 bits per heavy atom. The van der Waals surface area contributed by atoms with Gasteiger partial charge in [-0.15, -0.1) is 0 Å². The van der Waals surface area contributed by atoms with E-state index in [0.717, 1.165) is 4.47 Å². The average Bonchev–Trinajstić information content (AvgIpc) is 2.38. The van der Waals surface area contributed by atoms with Gasteiger partial charge in [0.1, 0.15) is 11.5 Å². The second-order valence-electron chi connectivity index (χ2n) is 3.96. The predicted molar refractivity (Wildman–Crippen MR) is 84.5 cm³/mol. The van der Waals surface area contributed by atoms with Gasteiger partial charge in [-0.1, -0.05) is 15.9 Å². The van der Waals surface area contributed by atoms with Gasteiger partial charge < -0.3 is 15.2 Å². The molecule has 0 fully saturated rings. The van der Waals surface area contributed by atoms with Gasteiger partial charge in [0.25, 0.3) is 5.91 Å². The molecule has 1 amide bonds. The van der Waals surface area contributed by atoms with Gasteiger partial charge in [-0.3, -0.25) is 4.79 Å². The number of ether oxygens (including phenoxy) is 1. The fourth-order valence-corrected chi connectivity index (χ4v) is 2.53. The summed E-state index contributed by atoms with van der Waals surface area (Å²) in [6.45, 7) is 0. The van der Waals surface area contributed by atoms with Crippen LogP contribution >= 0.6 is 31.9 Å². The maximum atomic E-state index is 12.1. The van der Waals surface area contributed by atoms with Crippen molar-refractivity contribution >= 4 is 43.5 Å². The SMILES string of the molecule is COc1ccc(NC(=O)c2ccc(Br)cc2O)cc1Br. The first-order chi connectivity index (χ1) is 9.51. The molecule has 0 bridgehead atoms. The zero-order valence-corrected chi connectivity index (χ0v) is 13.7. The van der Waals surface area contributed by atoms with E-state index < -0.39 is 0 Å². The van der Waals surface area contributed by atoms with Crippen molar-refractivity contribution in [3.05, 3.63) is 50.9 Å². The molecule has 4 nitrogen and oxygen atoms in total. The zero-order chi connectivity index (χ0) is 14.7. The molecule has 2 aromatic rings. The Hall–Kier alpha value is -1.53. The molecule has 0 aliphatic rings. The number of phenols is 1. The second-order valence-corrected chi connectivity index (χ2v) is 5.73. The number of carbonyl (C=O) groups excluding carboxylic acids is 1. The van der Waals surface area contributed by atoms with E-state index in [1.807, 2.05) is 0 Å². The highest BCUT2D eigenvalue weighted by Gasteiger charge is 2.12. The van der Waals surface area contributed by atoms with Crippen LogP contribution in [0.5, 0.6) is 11.5 Å². The first-order valence-corrected chi connectivity index (χ1v) is 7.23. The number of phenolic OH excluding ortho intramolecular Hbond substituents is 1. The largest absolute Gasteiger partial charge is 0.507 e. The third kappa shape index (κ3) is 3.32. The van der Waals surface area contributed by atoms with E-state index in [4.69, 9.17) is 4.74 Å². The van der Waals surface area contributed by atoms with Gasteiger partial charge in [-0.2, -0.15) is 0 Å². The molecule has 0 saturated carbocycles. The van der Waals surface area contributed by atoms with Crippen molar-refractivity contribution < 1.29 is 14.6 Å². The lowest BCUT2D eigenvalue weighted by atomic mass is 10.2. The Morgan fingerprint density at radius 2 is 1.95 bits per heavy atom. The van der Waals surface area contributed by atoms with Crippen LogP contribution in [-0.4, -0.2) is 18.1 Å². The van der Waals surface area contributed by atoms with Gasteiger partial charge >= 0.3 is 0 Å². The van der Waals surface area contributed by atoms with Crippen molar-refractivity contribution in [1.82, 2.24) is 0 Å². The van der Waals surface area contributed by atoms with Gasteiger partial charge in [-0.05, 0) is 52.3 Å². The van der Waals surface area contributed by atoms with Crippen LogP contribution in [0.4, 0.5) is 5.69 Å². The van der Waals surface area contributed by atoms with E-state index in [1.165, 1.54) is 6.07 Å². The van der Waals surface area contributed by atoms with Crippen molar-refractivity contribution in [2.75, 3.05) is 12.4 Å². The molecule has 0 atom stereocenters. The summed E-state index contributed by atoms with van der Waals surface area (Å²) in [6, 6.07) is 9.90. The van der Waals surface area contributed by atoms with Crippen LogP contribution in [0.3, 0.4) is 0 Å². The van der Waals surface area contributed by atoms with Crippen LogP contribution in [0.25, 0.3) is 0 Å². The standard InChI is InChI=1S/C14H11Br2NO3/c1-20-13-5-3-9(7-11(13)16)17-14(19)10-4-2-8(15)6-12(10)18/h2-7,18H,1H3,(H,17,19). The molecule has 20 heavy (non-hydrogen) atoms. The number of halogens is 2. The molecule has 0 aliphatic heterocycles. The maximum Gasteiger partial charge on any atom is 0.259 e. The minimum Gasteiger partial charge on any atom is -0.507 e. The van der Waals surface area contributed by atoms with Gasteiger partial charge in [0.15, 0.2) is 0 Å². The highest BCUT2D eigenvalue weighted by Crippen LogP contribution is 2.28. The van der Waals surface area contributed by atoms with Gasteiger partial charge in [0.05, 0.1) is 17.1 Å². The molecule has 2 N–H and O–H groups in total. The highest BCUT2D eigenvalue weighted by atomic mass is 79.9. The molecule has 2 rings (SSSR count). The Kier molecular flexibility index (Phi) is 4.67. The van der Waals surface area contributed by atoms with Gasteiger partial charge in [-0.25, -0.2) is 0 Å². The van der Waals surface area contributed by atoms with Crippen molar-refractivity contribution in [2.45, 2.75) is 0 Å². The number of anilines is 1. The summed E-state index contributed by atoms with van der Waals surface area (Å²) in [5.74, 6) is 0.214. The molecule has 0 heterocycles. The van der Waals surface area contributed by atoms with Crippen molar-refractivity contribution in [2.24, 2.45) is 0 Å². The molecule has 2 aromatic carbocycles. The number of aromatic hydroxyl groups is 1. The fourth-order valence-electron chi connectivity index (χ4n) is 1.64. The minimum absolute atomic E-state index is 0.0792. The quantitative estimate of drug-likeness (QED) is 0.812. The van der Waals surface area contributed by atoms with E-state index in [-0.39, 0.29) is 17.2 Å². The number of hydrogen-bond acceptors (Lipinski definition) is 3. The summed E-state index contributed by atoms with van der Waals surface area (Å²) < 4.78 is 6.56. The lowest BCUT2D eigenvalue weighted by Crippen LogP contribution is -2.12. The topological polar surface area (TPSA) is 58.6 Å². The fraction of sp³-hybridized carbons (Fsp3) is 0.0714. The lowest BCUT2D eigenvalue weighted by Gasteiger charge is -2.09. The molecular formula is C14H11Br2NO3. The van der Waals surface area contributed by atoms with Crippen LogP contribution in [0.15, 0.2) is 45.3 Å². The molecule has 0 unspecified atom stereocenters. The van der Waals surface area contributed by atoms with Crippen LogP contribution in [-0.2, 0) is 0 Å². The Labute approximate surface area is 133 Å². The summed E-state index contributed by atoms with van der Waals surface area (Å²) in [6.07, 6.45) is 0. The summed E-state index contributed by atoms with van der Waals surface area (Å²) >= 11 is 6.57. The first-order valence-electron chi connectivity index (χ1n) is 5.64. The minimum atomic E-state index is -0.382. The number of benzene rings is 2. The monoisotopic (exact) mass is 399 g/mol. The van der Waals surface area contributed by atoms with E-state index in [2.05, 4.69) is 37.2 Å². The summed E-state index contributed by atoms with van der Waals surface area (Å²) in [5.41, 5.74) is 0.810. The lowest BCUT2D eigenvalue weighted by molar-refractivity contribution is 0.102. The smallest absolute Gasteiger partial charge is 0.259 e. The Bertz CT molecular complexity index is 659. The van der Waals surface area contributed by atoms with Crippen molar-refractivity contribution in [3.63, 3.8) is 0 Å². The normalized spacial score (nSPS) is 10.2. The van der Waals surface area contributed by atoms with Gasteiger partial charge in [0.2, 0.25) is 0 Å². The van der Waals surface area contributed by atoms with E-state index in [9.17, 15) is 9.90 Å². The van der Waals surface area contributed by atoms with Gasteiger partial charge in [0, 0.05) is 10.2 Å². The third-order valence-corrected chi connectivity index (χ3v) is 3.73. The second kappa shape index (κ2) is 6.28. The first kappa shape index (κ1) is 14.9. The molecule has 0 aromatic heterocycles. The van der Waals surface area contributed by atoms with Crippen LogP contribution in [0, 0.1) is 0 Å². The van der Waals surface area contributed by atoms with Crippen LogP contribution < -0.4 is 10.1 Å². The average molecular weight is 401 g/mol. The number of hydrogen-bond donors (Lipinski definition) is 2. The van der Waals surface area contributed by atoms with E-state index in [0.29, 0.717) is 15.9 Å². The highest BCUT2D eigenvalue weighted by molar-refractivity contribution is 9.10. The molecule has 104 valence electrons. The summed E-state index contributed by atoms with van der Waals surface area (Å²) in [4.78, 5) is 12.1. The molecule has 6 heteroatoms. The third-order valence-electron chi connectivity index (χ3n) is 2.61. The van der Waals surface area contributed by atoms with E-state index in [1.54, 1.807) is 37.4 Å². The molecule has 0 aliphatic carbocycles. The number of amides is 1. The molecule has 0 saturated heterocycles. The molecule has 0 radical (unpaired) electrons. The maximum absolute atomic E-state index is 12.1. The van der Waals surface area contributed by atoms with E-state index >= 15 is 0 Å². The number of methoxy groups -OCH3 is 1. The molecular weight excluding hydrogens is 390 g/mol. The summed E-state index contributed by atoms with van der Waals surface area (Å²) in [7, 11) is 1.57. The van der Waals surface area contributed by atoms with Crippen molar-refractivity contribution in [3.8, 4) is 11.5 Å². The Morgan fingerprint density at radius 3 is 2.55 bits per heavy atom. The van der Waals surface area contributed by atoms with Crippen molar-refractivity contribution in [1.29, 1.82) is 0 Å². The predicted octanol–water partition coefficient (Wildman–Crippen LogP) is 4.18.